The maximum Gasteiger partial charge on any atom is 0.193 e. The Hall–Kier alpha value is -1.84. The number of nitrogens with zero attached hydrogens (tertiary/aromatic N) is 2. The molecule has 1 fully saturated rings. The summed E-state index contributed by atoms with van der Waals surface area (Å²) in [5, 5.41) is 3.48. The summed E-state index contributed by atoms with van der Waals surface area (Å²) < 4.78 is 16.9. The maximum absolute atomic E-state index is 5.95. The summed E-state index contributed by atoms with van der Waals surface area (Å²) in [6, 6.07) is 18.0. The van der Waals surface area contributed by atoms with E-state index in [4.69, 9.17) is 14.2 Å². The van der Waals surface area contributed by atoms with E-state index < -0.39 is 0 Å². The number of para-hydroxylation sites is 1. The van der Waals surface area contributed by atoms with Crippen LogP contribution in [0.25, 0.3) is 0 Å². The van der Waals surface area contributed by atoms with Crippen molar-refractivity contribution in [3.8, 4) is 11.5 Å². The Labute approximate surface area is 203 Å². The number of guanidine groups is 1. The lowest BCUT2D eigenvalue weighted by atomic mass is 10.1. The van der Waals surface area contributed by atoms with Gasteiger partial charge in [-0.05, 0) is 49.1 Å². The number of rotatable bonds is 9. The molecule has 0 aromatic heterocycles. The van der Waals surface area contributed by atoms with Crippen LogP contribution in [0.4, 0.5) is 0 Å². The van der Waals surface area contributed by atoms with Crippen molar-refractivity contribution in [3.05, 3.63) is 60.2 Å². The van der Waals surface area contributed by atoms with E-state index >= 15 is 0 Å². The lowest BCUT2D eigenvalue weighted by molar-refractivity contribution is 0.00989. The van der Waals surface area contributed by atoms with Gasteiger partial charge < -0.3 is 24.4 Å². The van der Waals surface area contributed by atoms with Gasteiger partial charge in [-0.3, -0.25) is 4.99 Å². The van der Waals surface area contributed by atoms with Gasteiger partial charge in [-0.25, -0.2) is 0 Å². The first-order valence-corrected chi connectivity index (χ1v) is 10.7. The summed E-state index contributed by atoms with van der Waals surface area (Å²) in [7, 11) is 3.57. The van der Waals surface area contributed by atoms with E-state index in [-0.39, 0.29) is 24.0 Å². The molecule has 1 N–H and O–H groups in total. The first-order chi connectivity index (χ1) is 14.8. The van der Waals surface area contributed by atoms with E-state index in [1.165, 1.54) is 5.56 Å². The molecule has 170 valence electrons. The van der Waals surface area contributed by atoms with Crippen LogP contribution < -0.4 is 10.1 Å². The molecule has 2 aromatic carbocycles. The fourth-order valence-corrected chi connectivity index (χ4v) is 3.50. The van der Waals surface area contributed by atoms with Crippen LogP contribution in [0.5, 0.6) is 11.5 Å². The van der Waals surface area contributed by atoms with Crippen molar-refractivity contribution in [1.82, 2.24) is 10.2 Å². The zero-order valence-corrected chi connectivity index (χ0v) is 20.8. The number of hydrogen-bond acceptors (Lipinski definition) is 4. The highest BCUT2D eigenvalue weighted by Gasteiger charge is 2.21. The zero-order chi connectivity index (χ0) is 21.0. The largest absolute Gasteiger partial charge is 0.457 e. The Morgan fingerprint density at radius 3 is 2.32 bits per heavy atom. The van der Waals surface area contributed by atoms with Gasteiger partial charge in [0.15, 0.2) is 5.96 Å². The maximum atomic E-state index is 5.95. The van der Waals surface area contributed by atoms with Crippen molar-refractivity contribution in [2.45, 2.75) is 31.9 Å². The molecular weight excluding hydrogens is 505 g/mol. The van der Waals surface area contributed by atoms with Gasteiger partial charge in [0.05, 0.1) is 6.10 Å². The molecule has 0 unspecified atom stereocenters. The Kier molecular flexibility index (Phi) is 11.7. The summed E-state index contributed by atoms with van der Waals surface area (Å²) >= 11 is 0. The van der Waals surface area contributed by atoms with E-state index in [2.05, 4.69) is 27.3 Å². The van der Waals surface area contributed by atoms with Gasteiger partial charge in [-0.15, -0.1) is 24.0 Å². The zero-order valence-electron chi connectivity index (χ0n) is 18.5. The fraction of sp³-hybridized carbons (Fsp3) is 0.458. The molecule has 0 amide bonds. The lowest BCUT2D eigenvalue weighted by Gasteiger charge is -2.34. The number of benzene rings is 2. The molecule has 0 saturated carbocycles. The number of ether oxygens (including phenoxy) is 3. The molecule has 1 aliphatic rings. The average Bonchev–Trinajstić information content (AvgIpc) is 2.80. The fourth-order valence-electron chi connectivity index (χ4n) is 3.50. The first-order valence-electron chi connectivity index (χ1n) is 10.7. The number of hydrogen-bond donors (Lipinski definition) is 1. The van der Waals surface area contributed by atoms with Gasteiger partial charge in [0.25, 0.3) is 0 Å². The van der Waals surface area contributed by atoms with Crippen molar-refractivity contribution in [3.63, 3.8) is 0 Å². The topological polar surface area (TPSA) is 55.3 Å². The van der Waals surface area contributed by atoms with Gasteiger partial charge in [0, 0.05) is 47.0 Å². The lowest BCUT2D eigenvalue weighted by Crippen LogP contribution is -2.46. The highest BCUT2D eigenvalue weighted by molar-refractivity contribution is 14.0. The number of halogens is 1. The second kappa shape index (κ2) is 14.3. The van der Waals surface area contributed by atoms with Gasteiger partial charge >= 0.3 is 0 Å². The van der Waals surface area contributed by atoms with E-state index in [0.29, 0.717) is 6.10 Å². The minimum atomic E-state index is 0. The van der Waals surface area contributed by atoms with Crippen LogP contribution in [0.15, 0.2) is 59.6 Å². The Morgan fingerprint density at radius 1 is 1.00 bits per heavy atom. The molecule has 0 bridgehead atoms. The van der Waals surface area contributed by atoms with Crippen molar-refractivity contribution in [2.75, 3.05) is 40.5 Å². The monoisotopic (exact) mass is 539 g/mol. The van der Waals surface area contributed by atoms with Crippen LogP contribution in [0, 0.1) is 0 Å². The number of aliphatic imine (C=N–C) groups is 1. The molecule has 6 nitrogen and oxygen atoms in total. The molecular formula is C24H34IN3O3. The highest BCUT2D eigenvalue weighted by Crippen LogP contribution is 2.21. The Bertz CT molecular complexity index is 763. The van der Waals surface area contributed by atoms with Crippen molar-refractivity contribution in [1.29, 1.82) is 0 Å². The van der Waals surface area contributed by atoms with Gasteiger partial charge in [0.1, 0.15) is 11.5 Å². The molecule has 1 heterocycles. The summed E-state index contributed by atoms with van der Waals surface area (Å²) in [4.78, 5) is 6.77. The second-order valence-electron chi connectivity index (χ2n) is 7.36. The molecule has 0 radical (unpaired) electrons. The molecule has 31 heavy (non-hydrogen) atoms. The Morgan fingerprint density at radius 2 is 1.68 bits per heavy atom. The third-order valence-electron chi connectivity index (χ3n) is 5.15. The molecule has 0 atom stereocenters. The quantitative estimate of drug-likeness (QED) is 0.217. The number of piperidine rings is 1. The number of likely N-dealkylation sites (tertiary alicyclic amines) is 1. The van der Waals surface area contributed by atoms with Crippen LogP contribution in [0.1, 0.15) is 24.8 Å². The minimum Gasteiger partial charge on any atom is -0.457 e. The van der Waals surface area contributed by atoms with Crippen molar-refractivity contribution < 1.29 is 14.2 Å². The predicted octanol–water partition coefficient (Wildman–Crippen LogP) is 4.69. The summed E-state index contributed by atoms with van der Waals surface area (Å²) in [6.07, 6.45) is 3.35. The Balaban J connectivity index is 0.00000341. The molecule has 3 rings (SSSR count). The standard InChI is InChI=1S/C24H33N3O3.HI/c1-25-24(27-15-13-21(14-16-27)29-18-6-17-28-2)26-19-20-9-11-23(12-10-20)30-22-7-4-3-5-8-22;/h3-5,7-12,21H,6,13-19H2,1-2H3,(H,25,26);1H. The highest BCUT2D eigenvalue weighted by atomic mass is 127. The van der Waals surface area contributed by atoms with Gasteiger partial charge in [0.2, 0.25) is 0 Å². The molecule has 7 heteroatoms. The molecule has 1 aliphatic heterocycles. The smallest absolute Gasteiger partial charge is 0.193 e. The summed E-state index contributed by atoms with van der Waals surface area (Å²) in [5.74, 6) is 2.62. The van der Waals surface area contributed by atoms with Crippen molar-refractivity contribution in [2.24, 2.45) is 4.99 Å². The van der Waals surface area contributed by atoms with E-state index in [9.17, 15) is 0 Å². The number of nitrogens with one attached hydrogen (secondary N) is 1. The van der Waals surface area contributed by atoms with Gasteiger partial charge in [-0.2, -0.15) is 0 Å². The number of methoxy groups -OCH3 is 1. The van der Waals surface area contributed by atoms with Crippen LogP contribution in [-0.2, 0) is 16.0 Å². The normalized spacial score (nSPS) is 14.8. The van der Waals surface area contributed by atoms with Crippen LogP contribution in [0.3, 0.4) is 0 Å². The third-order valence-corrected chi connectivity index (χ3v) is 5.15. The van der Waals surface area contributed by atoms with Crippen LogP contribution >= 0.6 is 24.0 Å². The SMILES string of the molecule is CN=C(NCc1ccc(Oc2ccccc2)cc1)N1CCC(OCCCOC)CC1.I. The summed E-state index contributed by atoms with van der Waals surface area (Å²) in [5.41, 5.74) is 1.19. The minimum absolute atomic E-state index is 0. The van der Waals surface area contributed by atoms with Gasteiger partial charge in [-0.1, -0.05) is 30.3 Å². The molecule has 2 aromatic rings. The summed E-state index contributed by atoms with van der Waals surface area (Å²) in [6.45, 7) is 4.17. The predicted molar refractivity (Wildman–Crippen MR) is 136 cm³/mol. The van der Waals surface area contributed by atoms with E-state index in [1.54, 1.807) is 7.11 Å². The van der Waals surface area contributed by atoms with E-state index in [1.807, 2.05) is 49.5 Å². The van der Waals surface area contributed by atoms with Crippen LogP contribution in [-0.4, -0.2) is 57.4 Å². The van der Waals surface area contributed by atoms with Crippen molar-refractivity contribution >= 4 is 29.9 Å². The first kappa shape index (κ1) is 25.4. The molecule has 1 saturated heterocycles. The van der Waals surface area contributed by atoms with E-state index in [0.717, 1.165) is 69.6 Å². The molecule has 0 aliphatic carbocycles. The third kappa shape index (κ3) is 8.66. The average molecular weight is 539 g/mol. The van der Waals surface area contributed by atoms with Crippen LogP contribution in [0.2, 0.25) is 0 Å². The second-order valence-corrected chi connectivity index (χ2v) is 7.36. The molecule has 0 spiro atoms.